The Morgan fingerprint density at radius 1 is 1.50 bits per heavy atom. The first-order valence-corrected chi connectivity index (χ1v) is 6.36. The predicted molar refractivity (Wildman–Crippen MR) is 71.5 cm³/mol. The highest BCUT2D eigenvalue weighted by atomic mass is 16.5. The zero-order valence-electron chi connectivity index (χ0n) is 10.4. The van der Waals surface area contributed by atoms with Gasteiger partial charge in [0.15, 0.2) is 0 Å². The molecule has 1 heterocycles. The predicted octanol–water partition coefficient (Wildman–Crippen LogP) is 1.48. The monoisotopic (exact) mass is 246 g/mol. The van der Waals surface area contributed by atoms with Crippen LogP contribution in [0.5, 0.6) is 0 Å². The van der Waals surface area contributed by atoms with Crippen molar-refractivity contribution >= 4 is 17.0 Å². The molecule has 1 aliphatic carbocycles. The molecule has 5 heteroatoms. The first-order chi connectivity index (χ1) is 8.78. The minimum absolute atomic E-state index is 0.134. The number of aromatic amines is 1. The molecule has 4 N–H and O–H groups in total. The molecule has 0 aliphatic heterocycles. The number of rotatable bonds is 4. The molecule has 1 aromatic heterocycles. The van der Waals surface area contributed by atoms with E-state index in [9.17, 15) is 0 Å². The normalized spacial score (nSPS) is 27.1. The van der Waals surface area contributed by atoms with E-state index in [1.54, 1.807) is 0 Å². The smallest absolute Gasteiger partial charge is 0.201 e. The Hall–Kier alpha value is -1.59. The average molecular weight is 246 g/mol. The van der Waals surface area contributed by atoms with E-state index in [0.29, 0.717) is 0 Å². The molecule has 1 saturated carbocycles. The molecule has 1 aromatic carbocycles. The third kappa shape index (κ3) is 1.95. The standard InChI is InChI=1S/C13H18N4O/c1-2-18-11-7-8(14)12(11)17-13-15-9-5-3-4-6-10(9)16-13/h3-6,8,11-12H,2,7,14H2,1H3,(H2,15,16,17). The second-order valence-corrected chi connectivity index (χ2v) is 4.67. The number of anilines is 1. The van der Waals surface area contributed by atoms with Crippen LogP contribution in [-0.2, 0) is 4.74 Å². The topological polar surface area (TPSA) is 76.0 Å². The Morgan fingerprint density at radius 3 is 3.06 bits per heavy atom. The van der Waals surface area contributed by atoms with Gasteiger partial charge >= 0.3 is 0 Å². The van der Waals surface area contributed by atoms with E-state index in [2.05, 4.69) is 15.3 Å². The van der Waals surface area contributed by atoms with Crippen molar-refractivity contribution in [2.24, 2.45) is 5.73 Å². The number of imidazole rings is 1. The Balaban J connectivity index is 1.75. The molecule has 1 fully saturated rings. The molecule has 0 amide bonds. The number of nitrogens with two attached hydrogens (primary N) is 1. The Labute approximate surface area is 106 Å². The zero-order valence-corrected chi connectivity index (χ0v) is 10.4. The van der Waals surface area contributed by atoms with Crippen LogP contribution in [-0.4, -0.2) is 34.8 Å². The number of para-hydroxylation sites is 2. The number of hydrogen-bond acceptors (Lipinski definition) is 4. The molecule has 3 rings (SSSR count). The number of fused-ring (bicyclic) bond motifs is 1. The third-order valence-corrected chi connectivity index (χ3v) is 3.44. The first-order valence-electron chi connectivity index (χ1n) is 6.36. The van der Waals surface area contributed by atoms with Crippen LogP contribution in [0.25, 0.3) is 11.0 Å². The molecule has 1 aliphatic rings. The van der Waals surface area contributed by atoms with Crippen molar-refractivity contribution in [1.82, 2.24) is 9.97 Å². The molecule has 0 saturated heterocycles. The number of nitrogens with zero attached hydrogens (tertiary/aromatic N) is 1. The summed E-state index contributed by atoms with van der Waals surface area (Å²) in [5.74, 6) is 0.765. The molecule has 18 heavy (non-hydrogen) atoms. The SMILES string of the molecule is CCOC1CC(N)C1Nc1nc2ccccc2[nH]1. The van der Waals surface area contributed by atoms with Crippen molar-refractivity contribution < 1.29 is 4.74 Å². The second kappa shape index (κ2) is 4.59. The van der Waals surface area contributed by atoms with Crippen LogP contribution >= 0.6 is 0 Å². The molecule has 2 aromatic rings. The third-order valence-electron chi connectivity index (χ3n) is 3.44. The molecule has 0 radical (unpaired) electrons. The van der Waals surface area contributed by atoms with E-state index < -0.39 is 0 Å². The van der Waals surface area contributed by atoms with Crippen molar-refractivity contribution in [2.75, 3.05) is 11.9 Å². The summed E-state index contributed by atoms with van der Waals surface area (Å²) in [5.41, 5.74) is 7.99. The largest absolute Gasteiger partial charge is 0.376 e. The molecular formula is C13H18N4O. The van der Waals surface area contributed by atoms with Gasteiger partial charge < -0.3 is 20.8 Å². The number of ether oxygens (including phenoxy) is 1. The van der Waals surface area contributed by atoms with Gasteiger partial charge in [-0.2, -0.15) is 0 Å². The van der Waals surface area contributed by atoms with Crippen molar-refractivity contribution in [2.45, 2.75) is 31.5 Å². The second-order valence-electron chi connectivity index (χ2n) is 4.67. The molecule has 5 nitrogen and oxygen atoms in total. The van der Waals surface area contributed by atoms with Gasteiger partial charge in [-0.3, -0.25) is 0 Å². The Morgan fingerprint density at radius 2 is 2.33 bits per heavy atom. The van der Waals surface area contributed by atoms with E-state index in [0.717, 1.165) is 30.0 Å². The van der Waals surface area contributed by atoms with Crippen LogP contribution in [0.15, 0.2) is 24.3 Å². The average Bonchev–Trinajstić information content (AvgIpc) is 2.78. The number of aromatic nitrogens is 2. The molecule has 3 unspecified atom stereocenters. The van der Waals surface area contributed by atoms with E-state index >= 15 is 0 Å². The summed E-state index contributed by atoms with van der Waals surface area (Å²) in [6, 6.07) is 8.24. The minimum atomic E-state index is 0.134. The Kier molecular flexibility index (Phi) is 2.93. The Bertz CT molecular complexity index is 504. The van der Waals surface area contributed by atoms with Gasteiger partial charge in [0.25, 0.3) is 0 Å². The van der Waals surface area contributed by atoms with Gasteiger partial charge in [0, 0.05) is 12.6 Å². The fraction of sp³-hybridized carbons (Fsp3) is 0.462. The van der Waals surface area contributed by atoms with Crippen molar-refractivity contribution in [1.29, 1.82) is 0 Å². The van der Waals surface area contributed by atoms with Crippen LogP contribution in [0.3, 0.4) is 0 Å². The molecule has 0 bridgehead atoms. The van der Waals surface area contributed by atoms with Crippen LogP contribution in [0, 0.1) is 0 Å². The van der Waals surface area contributed by atoms with Crippen LogP contribution < -0.4 is 11.1 Å². The van der Waals surface area contributed by atoms with Crippen LogP contribution in [0.2, 0.25) is 0 Å². The first kappa shape index (κ1) is 11.5. The van der Waals surface area contributed by atoms with E-state index in [1.807, 2.05) is 31.2 Å². The van der Waals surface area contributed by atoms with Gasteiger partial charge in [-0.05, 0) is 25.5 Å². The van der Waals surface area contributed by atoms with E-state index in [4.69, 9.17) is 10.5 Å². The fourth-order valence-corrected chi connectivity index (χ4v) is 2.41. The zero-order chi connectivity index (χ0) is 12.5. The molecule has 0 spiro atoms. The maximum Gasteiger partial charge on any atom is 0.201 e. The van der Waals surface area contributed by atoms with E-state index in [-0.39, 0.29) is 18.2 Å². The van der Waals surface area contributed by atoms with Gasteiger partial charge in [0.1, 0.15) is 0 Å². The lowest BCUT2D eigenvalue weighted by Gasteiger charge is -2.42. The number of hydrogen-bond donors (Lipinski definition) is 3. The maximum atomic E-state index is 6.00. The van der Waals surface area contributed by atoms with Gasteiger partial charge in [-0.25, -0.2) is 4.98 Å². The van der Waals surface area contributed by atoms with Crippen molar-refractivity contribution in [3.63, 3.8) is 0 Å². The van der Waals surface area contributed by atoms with Crippen molar-refractivity contribution in [3.8, 4) is 0 Å². The lowest BCUT2D eigenvalue weighted by atomic mass is 9.83. The van der Waals surface area contributed by atoms with Gasteiger partial charge in [0.2, 0.25) is 5.95 Å². The number of nitrogens with one attached hydrogen (secondary N) is 2. The van der Waals surface area contributed by atoms with Gasteiger partial charge in [-0.15, -0.1) is 0 Å². The number of H-pyrrole nitrogens is 1. The highest BCUT2D eigenvalue weighted by molar-refractivity contribution is 5.77. The van der Waals surface area contributed by atoms with E-state index in [1.165, 1.54) is 0 Å². The highest BCUT2D eigenvalue weighted by Gasteiger charge is 2.39. The quantitative estimate of drug-likeness (QED) is 0.763. The summed E-state index contributed by atoms with van der Waals surface area (Å²) in [6.45, 7) is 2.72. The molecule has 3 atom stereocenters. The molecule has 96 valence electrons. The summed E-state index contributed by atoms with van der Waals surface area (Å²) in [5, 5.41) is 3.34. The van der Waals surface area contributed by atoms with Crippen molar-refractivity contribution in [3.05, 3.63) is 24.3 Å². The lowest BCUT2D eigenvalue weighted by Crippen LogP contribution is -2.60. The fourth-order valence-electron chi connectivity index (χ4n) is 2.41. The summed E-state index contributed by atoms with van der Waals surface area (Å²) >= 11 is 0. The van der Waals surface area contributed by atoms with Crippen LogP contribution in [0.4, 0.5) is 5.95 Å². The summed E-state index contributed by atoms with van der Waals surface area (Å²) in [7, 11) is 0. The number of benzene rings is 1. The summed E-state index contributed by atoms with van der Waals surface area (Å²) in [6.07, 6.45) is 1.10. The summed E-state index contributed by atoms with van der Waals surface area (Å²) < 4.78 is 5.62. The molecular weight excluding hydrogens is 228 g/mol. The van der Waals surface area contributed by atoms with Crippen LogP contribution in [0.1, 0.15) is 13.3 Å². The lowest BCUT2D eigenvalue weighted by molar-refractivity contribution is -0.0128. The highest BCUT2D eigenvalue weighted by Crippen LogP contribution is 2.26. The van der Waals surface area contributed by atoms with Gasteiger partial charge in [0.05, 0.1) is 23.2 Å². The maximum absolute atomic E-state index is 6.00. The van der Waals surface area contributed by atoms with Gasteiger partial charge in [-0.1, -0.05) is 12.1 Å². The minimum Gasteiger partial charge on any atom is -0.376 e. The summed E-state index contributed by atoms with van der Waals surface area (Å²) in [4.78, 5) is 7.73.